The molecule has 0 amide bonds. The molecule has 1 aromatic carbocycles. The first-order valence-corrected chi connectivity index (χ1v) is 6.70. The molecule has 2 heterocycles. The van der Waals surface area contributed by atoms with Gasteiger partial charge in [0.2, 0.25) is 5.89 Å². The van der Waals surface area contributed by atoms with E-state index in [0.29, 0.717) is 12.4 Å². The molecule has 0 radical (unpaired) electrons. The molecule has 0 unspecified atom stereocenters. The van der Waals surface area contributed by atoms with Crippen molar-refractivity contribution in [3.63, 3.8) is 0 Å². The van der Waals surface area contributed by atoms with E-state index >= 15 is 0 Å². The monoisotopic (exact) mass is 275 g/mol. The highest BCUT2D eigenvalue weighted by atomic mass is 35.5. The highest BCUT2D eigenvalue weighted by molar-refractivity contribution is 6.31. The number of hydrogen-bond donors (Lipinski definition) is 0. The van der Waals surface area contributed by atoms with E-state index < -0.39 is 0 Å². The van der Waals surface area contributed by atoms with E-state index in [1.54, 1.807) is 0 Å². The molecule has 19 heavy (non-hydrogen) atoms. The van der Waals surface area contributed by atoms with Gasteiger partial charge in [-0.15, -0.1) is 0 Å². The molecular formula is C14H14ClN3O. The van der Waals surface area contributed by atoms with Gasteiger partial charge in [0.25, 0.3) is 0 Å². The van der Waals surface area contributed by atoms with E-state index in [1.165, 1.54) is 0 Å². The van der Waals surface area contributed by atoms with Gasteiger partial charge in [-0.3, -0.25) is 0 Å². The molecule has 98 valence electrons. The van der Waals surface area contributed by atoms with Crippen LogP contribution in [-0.2, 0) is 13.0 Å². The molecule has 0 aliphatic rings. The summed E-state index contributed by atoms with van der Waals surface area (Å²) in [5, 5.41) is 5.84. The molecule has 0 saturated heterocycles. The zero-order valence-electron chi connectivity index (χ0n) is 10.6. The zero-order chi connectivity index (χ0) is 13.2. The minimum Gasteiger partial charge on any atom is -0.338 e. The molecule has 3 aromatic rings. The molecule has 0 spiro atoms. The molecular weight excluding hydrogens is 262 g/mol. The van der Waals surface area contributed by atoms with Crippen molar-refractivity contribution in [2.75, 3.05) is 0 Å². The summed E-state index contributed by atoms with van der Waals surface area (Å²) in [4.78, 5) is 4.37. The quantitative estimate of drug-likeness (QED) is 0.729. The highest BCUT2D eigenvalue weighted by Crippen LogP contribution is 2.21. The smallest absolute Gasteiger partial charge is 0.246 e. The van der Waals surface area contributed by atoms with Crippen molar-refractivity contribution in [2.45, 2.75) is 26.3 Å². The summed E-state index contributed by atoms with van der Waals surface area (Å²) in [7, 11) is 0. The minimum atomic E-state index is 0.570. The maximum Gasteiger partial charge on any atom is 0.246 e. The van der Waals surface area contributed by atoms with Crippen LogP contribution >= 0.6 is 11.6 Å². The van der Waals surface area contributed by atoms with E-state index in [-0.39, 0.29) is 0 Å². The van der Waals surface area contributed by atoms with E-state index in [9.17, 15) is 0 Å². The summed E-state index contributed by atoms with van der Waals surface area (Å²) < 4.78 is 7.31. The average molecular weight is 276 g/mol. The summed E-state index contributed by atoms with van der Waals surface area (Å²) in [6, 6.07) is 7.89. The minimum absolute atomic E-state index is 0.570. The van der Waals surface area contributed by atoms with Crippen molar-refractivity contribution >= 4 is 22.5 Å². The van der Waals surface area contributed by atoms with Gasteiger partial charge in [-0.25, -0.2) is 0 Å². The van der Waals surface area contributed by atoms with Gasteiger partial charge in [-0.1, -0.05) is 29.7 Å². The van der Waals surface area contributed by atoms with E-state index in [4.69, 9.17) is 16.1 Å². The molecule has 0 N–H and O–H groups in total. The Morgan fingerprint density at radius 1 is 1.32 bits per heavy atom. The van der Waals surface area contributed by atoms with Gasteiger partial charge < -0.3 is 9.09 Å². The molecule has 0 saturated carbocycles. The van der Waals surface area contributed by atoms with Crippen LogP contribution in [0.15, 0.2) is 35.0 Å². The third kappa shape index (κ3) is 2.49. The Bertz CT molecular complexity index is 702. The van der Waals surface area contributed by atoms with Crippen LogP contribution in [0, 0.1) is 0 Å². The second kappa shape index (κ2) is 5.05. The topological polar surface area (TPSA) is 43.9 Å². The predicted molar refractivity (Wildman–Crippen MR) is 74.3 cm³/mol. The lowest BCUT2D eigenvalue weighted by molar-refractivity contribution is 0.367. The first kappa shape index (κ1) is 12.2. The fraction of sp³-hybridized carbons (Fsp3) is 0.286. The number of aryl methyl sites for hydroxylation is 1. The Morgan fingerprint density at radius 3 is 3.05 bits per heavy atom. The first-order chi connectivity index (χ1) is 9.26. The van der Waals surface area contributed by atoms with Crippen molar-refractivity contribution in [3.8, 4) is 0 Å². The Morgan fingerprint density at radius 2 is 2.21 bits per heavy atom. The number of fused-ring (bicyclic) bond motifs is 1. The van der Waals surface area contributed by atoms with Crippen LogP contribution in [0.1, 0.15) is 25.1 Å². The lowest BCUT2D eigenvalue weighted by Gasteiger charge is -2.01. The molecule has 2 aromatic heterocycles. The summed E-state index contributed by atoms with van der Waals surface area (Å²) >= 11 is 6.03. The van der Waals surface area contributed by atoms with Gasteiger partial charge in [-0.2, -0.15) is 4.98 Å². The largest absolute Gasteiger partial charge is 0.338 e. The van der Waals surface area contributed by atoms with Gasteiger partial charge in [0, 0.05) is 23.2 Å². The molecule has 5 heteroatoms. The standard InChI is InChI=1S/C14H14ClN3O/c1-2-3-13-16-14(19-17-13)9-18-7-6-10-4-5-11(15)8-12(10)18/h4-8H,2-3,9H2,1H3. The van der Waals surface area contributed by atoms with Gasteiger partial charge in [0.15, 0.2) is 5.82 Å². The molecule has 0 atom stereocenters. The second-order valence-electron chi connectivity index (χ2n) is 4.50. The predicted octanol–water partition coefficient (Wildman–Crippen LogP) is 3.68. The van der Waals surface area contributed by atoms with Crippen molar-refractivity contribution in [1.82, 2.24) is 14.7 Å². The Labute approximate surface area is 116 Å². The van der Waals surface area contributed by atoms with E-state index in [0.717, 1.165) is 34.6 Å². The van der Waals surface area contributed by atoms with E-state index in [2.05, 4.69) is 27.7 Å². The van der Waals surface area contributed by atoms with Crippen molar-refractivity contribution in [3.05, 3.63) is 47.2 Å². The number of nitrogens with zero attached hydrogens (tertiary/aromatic N) is 3. The number of rotatable bonds is 4. The van der Waals surface area contributed by atoms with Crippen molar-refractivity contribution in [1.29, 1.82) is 0 Å². The summed E-state index contributed by atoms with van der Waals surface area (Å²) in [6.45, 7) is 2.66. The maximum atomic E-state index is 6.03. The van der Waals surface area contributed by atoms with Crippen LogP contribution in [0.4, 0.5) is 0 Å². The highest BCUT2D eigenvalue weighted by Gasteiger charge is 2.08. The number of hydrogen-bond acceptors (Lipinski definition) is 3. The van der Waals surface area contributed by atoms with Crippen LogP contribution in [0.2, 0.25) is 5.02 Å². The van der Waals surface area contributed by atoms with Gasteiger partial charge in [0.05, 0.1) is 0 Å². The summed E-state index contributed by atoms with van der Waals surface area (Å²) in [6.07, 6.45) is 3.87. The van der Waals surface area contributed by atoms with Crippen LogP contribution in [0.25, 0.3) is 10.9 Å². The maximum absolute atomic E-state index is 6.03. The molecule has 4 nitrogen and oxygen atoms in total. The number of benzene rings is 1. The normalized spacial score (nSPS) is 11.3. The van der Waals surface area contributed by atoms with Gasteiger partial charge in [0.1, 0.15) is 6.54 Å². The molecule has 0 aliphatic carbocycles. The first-order valence-electron chi connectivity index (χ1n) is 6.32. The van der Waals surface area contributed by atoms with Crippen LogP contribution in [-0.4, -0.2) is 14.7 Å². The molecule has 0 bridgehead atoms. The van der Waals surface area contributed by atoms with Gasteiger partial charge in [-0.05, 0) is 30.0 Å². The lowest BCUT2D eigenvalue weighted by atomic mass is 10.2. The number of aromatic nitrogens is 3. The van der Waals surface area contributed by atoms with Crippen molar-refractivity contribution < 1.29 is 4.52 Å². The molecule has 3 rings (SSSR count). The van der Waals surface area contributed by atoms with Gasteiger partial charge >= 0.3 is 0 Å². The van der Waals surface area contributed by atoms with Crippen LogP contribution in [0.3, 0.4) is 0 Å². The summed E-state index contributed by atoms with van der Waals surface area (Å²) in [5.41, 5.74) is 1.07. The fourth-order valence-corrected chi connectivity index (χ4v) is 2.29. The lowest BCUT2D eigenvalue weighted by Crippen LogP contribution is -1.98. The third-order valence-corrected chi connectivity index (χ3v) is 3.26. The van der Waals surface area contributed by atoms with Crippen LogP contribution in [0.5, 0.6) is 0 Å². The Hall–Kier alpha value is -1.81. The van der Waals surface area contributed by atoms with Crippen molar-refractivity contribution in [2.24, 2.45) is 0 Å². The SMILES string of the molecule is CCCc1noc(Cn2ccc3ccc(Cl)cc32)n1. The van der Waals surface area contributed by atoms with E-state index in [1.807, 2.05) is 24.4 Å². The molecule has 0 aliphatic heterocycles. The Balaban J connectivity index is 1.89. The third-order valence-electron chi connectivity index (χ3n) is 3.03. The second-order valence-corrected chi connectivity index (χ2v) is 4.94. The average Bonchev–Trinajstić information content (AvgIpc) is 2.98. The summed E-state index contributed by atoms with van der Waals surface area (Å²) in [5.74, 6) is 1.40. The van der Waals surface area contributed by atoms with Crippen LogP contribution < -0.4 is 0 Å². The molecule has 0 fully saturated rings. The fourth-order valence-electron chi connectivity index (χ4n) is 2.12. The Kier molecular flexibility index (Phi) is 3.25. The zero-order valence-corrected chi connectivity index (χ0v) is 11.4. The number of halogens is 1.